The van der Waals surface area contributed by atoms with E-state index in [9.17, 15) is 9.59 Å². The number of halogens is 1. The molecule has 0 spiro atoms. The normalized spacial score (nSPS) is 15.2. The summed E-state index contributed by atoms with van der Waals surface area (Å²) >= 11 is 6.01. The van der Waals surface area contributed by atoms with Gasteiger partial charge in [-0.1, -0.05) is 54.1 Å². The van der Waals surface area contributed by atoms with Crippen molar-refractivity contribution in [1.29, 1.82) is 0 Å². The molecule has 0 radical (unpaired) electrons. The molecule has 2 N–H and O–H groups in total. The molecule has 3 rings (SSSR count). The first kappa shape index (κ1) is 20.4. The van der Waals surface area contributed by atoms with E-state index in [1.165, 1.54) is 5.56 Å². The second-order valence-electron chi connectivity index (χ2n) is 7.09. The van der Waals surface area contributed by atoms with Crippen molar-refractivity contribution in [1.82, 2.24) is 15.5 Å². The average molecular weight is 400 g/mol. The van der Waals surface area contributed by atoms with E-state index in [1.54, 1.807) is 24.3 Å². The highest BCUT2D eigenvalue weighted by Gasteiger charge is 2.20. The van der Waals surface area contributed by atoms with Crippen molar-refractivity contribution in [3.05, 3.63) is 70.7 Å². The summed E-state index contributed by atoms with van der Waals surface area (Å²) in [7, 11) is 0. The predicted octanol–water partition coefficient (Wildman–Crippen LogP) is 3.24. The van der Waals surface area contributed by atoms with Crippen LogP contribution >= 0.6 is 11.6 Å². The van der Waals surface area contributed by atoms with Crippen LogP contribution < -0.4 is 10.6 Å². The van der Waals surface area contributed by atoms with Gasteiger partial charge in [-0.25, -0.2) is 0 Å². The van der Waals surface area contributed by atoms with Crippen molar-refractivity contribution < 1.29 is 9.59 Å². The van der Waals surface area contributed by atoms with Crippen LogP contribution in [0.3, 0.4) is 0 Å². The molecular weight excluding hydrogens is 374 g/mol. The summed E-state index contributed by atoms with van der Waals surface area (Å²) in [6.45, 7) is 3.20. The Morgan fingerprint density at radius 2 is 1.68 bits per heavy atom. The standard InChI is InChI=1S/C22H26ClN3O2/c23-20-9-5-4-8-19(20)22(28)24-13-10-21(27)25-18-11-14-26(15-12-18)16-17-6-2-1-3-7-17/h1-9,18H,10-16H2,(H,24,28)(H,25,27). The van der Waals surface area contributed by atoms with Gasteiger partial charge < -0.3 is 10.6 Å². The van der Waals surface area contributed by atoms with E-state index in [4.69, 9.17) is 11.6 Å². The summed E-state index contributed by atoms with van der Waals surface area (Å²) in [5, 5.41) is 6.24. The quantitative estimate of drug-likeness (QED) is 0.751. The molecule has 1 aliphatic rings. The van der Waals surface area contributed by atoms with E-state index in [0.29, 0.717) is 17.1 Å². The highest BCUT2D eigenvalue weighted by molar-refractivity contribution is 6.33. The topological polar surface area (TPSA) is 61.4 Å². The van der Waals surface area contributed by atoms with Gasteiger partial charge in [-0.15, -0.1) is 0 Å². The van der Waals surface area contributed by atoms with E-state index in [-0.39, 0.29) is 24.3 Å². The summed E-state index contributed by atoms with van der Waals surface area (Å²) in [6, 6.07) is 17.5. The number of carbonyl (C=O) groups excluding carboxylic acids is 2. The number of rotatable bonds is 7. The van der Waals surface area contributed by atoms with Crippen LogP contribution in [0.2, 0.25) is 5.02 Å². The molecule has 1 aliphatic heterocycles. The molecule has 0 bridgehead atoms. The van der Waals surface area contributed by atoms with Crippen LogP contribution in [0.1, 0.15) is 35.2 Å². The van der Waals surface area contributed by atoms with Crippen LogP contribution in [0.5, 0.6) is 0 Å². The van der Waals surface area contributed by atoms with Gasteiger partial charge in [0.1, 0.15) is 0 Å². The van der Waals surface area contributed by atoms with Crippen molar-refractivity contribution in [3.63, 3.8) is 0 Å². The van der Waals surface area contributed by atoms with Gasteiger partial charge in [0.25, 0.3) is 5.91 Å². The van der Waals surface area contributed by atoms with E-state index < -0.39 is 0 Å². The minimum Gasteiger partial charge on any atom is -0.353 e. The highest BCUT2D eigenvalue weighted by Crippen LogP contribution is 2.15. The van der Waals surface area contributed by atoms with Gasteiger partial charge in [-0.3, -0.25) is 14.5 Å². The molecule has 2 aromatic rings. The Hall–Kier alpha value is -2.37. The molecule has 0 aliphatic carbocycles. The maximum absolute atomic E-state index is 12.2. The summed E-state index contributed by atoms with van der Waals surface area (Å²) in [5.74, 6) is -0.284. The molecule has 148 valence electrons. The lowest BCUT2D eigenvalue weighted by atomic mass is 10.0. The SMILES string of the molecule is O=C(CCNC(=O)c1ccccc1Cl)NC1CCN(Cc2ccccc2)CC1. The predicted molar refractivity (Wildman–Crippen MR) is 111 cm³/mol. The van der Waals surface area contributed by atoms with Crippen LogP contribution in [-0.4, -0.2) is 42.4 Å². The van der Waals surface area contributed by atoms with Crippen molar-refractivity contribution in [3.8, 4) is 0 Å². The molecule has 2 amide bonds. The van der Waals surface area contributed by atoms with Gasteiger partial charge in [-0.05, 0) is 30.5 Å². The van der Waals surface area contributed by atoms with Crippen LogP contribution in [0.4, 0.5) is 0 Å². The fraction of sp³-hybridized carbons (Fsp3) is 0.364. The van der Waals surface area contributed by atoms with Crippen molar-refractivity contribution in [2.24, 2.45) is 0 Å². The molecule has 0 aromatic heterocycles. The minimum absolute atomic E-state index is 0.0269. The van der Waals surface area contributed by atoms with Crippen LogP contribution in [-0.2, 0) is 11.3 Å². The molecular formula is C22H26ClN3O2. The lowest BCUT2D eigenvalue weighted by Crippen LogP contribution is -2.45. The zero-order valence-electron chi connectivity index (χ0n) is 15.9. The van der Waals surface area contributed by atoms with Crippen LogP contribution in [0.15, 0.2) is 54.6 Å². The number of hydrogen-bond acceptors (Lipinski definition) is 3. The van der Waals surface area contributed by atoms with E-state index in [1.807, 2.05) is 6.07 Å². The summed E-state index contributed by atoms with van der Waals surface area (Å²) in [6.07, 6.45) is 2.16. The van der Waals surface area contributed by atoms with Gasteiger partial charge in [0.2, 0.25) is 5.91 Å². The molecule has 0 atom stereocenters. The van der Waals surface area contributed by atoms with Crippen molar-refractivity contribution >= 4 is 23.4 Å². The smallest absolute Gasteiger partial charge is 0.252 e. The largest absolute Gasteiger partial charge is 0.353 e. The number of carbonyl (C=O) groups is 2. The zero-order chi connectivity index (χ0) is 19.8. The number of piperidine rings is 1. The molecule has 6 heteroatoms. The van der Waals surface area contributed by atoms with Crippen molar-refractivity contribution in [2.45, 2.75) is 31.8 Å². The number of hydrogen-bond donors (Lipinski definition) is 2. The van der Waals surface area contributed by atoms with Gasteiger partial charge in [0, 0.05) is 38.6 Å². The number of nitrogens with zero attached hydrogens (tertiary/aromatic N) is 1. The molecule has 2 aromatic carbocycles. The molecule has 0 unspecified atom stereocenters. The zero-order valence-corrected chi connectivity index (χ0v) is 16.6. The average Bonchev–Trinajstić information content (AvgIpc) is 2.70. The lowest BCUT2D eigenvalue weighted by molar-refractivity contribution is -0.122. The first-order valence-electron chi connectivity index (χ1n) is 9.70. The van der Waals surface area contributed by atoms with Gasteiger partial charge in [0.15, 0.2) is 0 Å². The van der Waals surface area contributed by atoms with Crippen LogP contribution in [0.25, 0.3) is 0 Å². The fourth-order valence-electron chi connectivity index (χ4n) is 3.41. The molecule has 1 heterocycles. The number of nitrogens with one attached hydrogen (secondary N) is 2. The Morgan fingerprint density at radius 3 is 2.39 bits per heavy atom. The Balaban J connectivity index is 1.33. The first-order chi connectivity index (χ1) is 13.6. The monoisotopic (exact) mass is 399 g/mol. The summed E-state index contributed by atoms with van der Waals surface area (Å²) < 4.78 is 0. The maximum atomic E-state index is 12.2. The maximum Gasteiger partial charge on any atom is 0.252 e. The second-order valence-corrected chi connectivity index (χ2v) is 7.50. The third kappa shape index (κ3) is 6.08. The van der Waals surface area contributed by atoms with E-state index >= 15 is 0 Å². The second kappa shape index (κ2) is 10.2. The van der Waals surface area contributed by atoms with E-state index in [2.05, 4.69) is 39.8 Å². The number of likely N-dealkylation sites (tertiary alicyclic amines) is 1. The van der Waals surface area contributed by atoms with Gasteiger partial charge >= 0.3 is 0 Å². The third-order valence-electron chi connectivity index (χ3n) is 4.96. The number of amides is 2. The third-order valence-corrected chi connectivity index (χ3v) is 5.29. The first-order valence-corrected chi connectivity index (χ1v) is 10.1. The molecule has 0 saturated carbocycles. The Bertz CT molecular complexity index is 789. The fourth-order valence-corrected chi connectivity index (χ4v) is 3.63. The molecule has 1 fully saturated rings. The lowest BCUT2D eigenvalue weighted by Gasteiger charge is -2.32. The Kier molecular flexibility index (Phi) is 7.46. The summed E-state index contributed by atoms with van der Waals surface area (Å²) in [5.41, 5.74) is 1.75. The summed E-state index contributed by atoms with van der Waals surface area (Å²) in [4.78, 5) is 26.7. The highest BCUT2D eigenvalue weighted by atomic mass is 35.5. The molecule has 1 saturated heterocycles. The Morgan fingerprint density at radius 1 is 1.00 bits per heavy atom. The minimum atomic E-state index is -0.257. The molecule has 5 nitrogen and oxygen atoms in total. The molecule has 28 heavy (non-hydrogen) atoms. The van der Waals surface area contributed by atoms with Gasteiger partial charge in [0.05, 0.1) is 10.6 Å². The number of benzene rings is 2. The van der Waals surface area contributed by atoms with E-state index in [0.717, 1.165) is 32.5 Å². The Labute approximate surface area is 171 Å². The van der Waals surface area contributed by atoms with Crippen molar-refractivity contribution in [2.75, 3.05) is 19.6 Å². The van der Waals surface area contributed by atoms with Gasteiger partial charge in [-0.2, -0.15) is 0 Å². The van der Waals surface area contributed by atoms with Crippen LogP contribution in [0, 0.1) is 0 Å².